The van der Waals surface area contributed by atoms with Gasteiger partial charge in [-0.3, -0.25) is 0 Å². The molecule has 0 N–H and O–H groups in total. The zero-order chi connectivity index (χ0) is 56.5. The van der Waals surface area contributed by atoms with Crippen molar-refractivity contribution in [1.29, 1.82) is 0 Å². The highest BCUT2D eigenvalue weighted by molar-refractivity contribution is 7.20. The fourth-order valence-corrected chi connectivity index (χ4v) is 8.30. The fraction of sp³-hybridized carbons (Fsp3) is 0.286. The van der Waals surface area contributed by atoms with Crippen molar-refractivity contribution in [2.24, 2.45) is 0 Å². The van der Waals surface area contributed by atoms with E-state index in [2.05, 4.69) is 66.2 Å². The van der Waals surface area contributed by atoms with Gasteiger partial charge in [0.1, 0.15) is 6.15 Å². The van der Waals surface area contributed by atoms with Gasteiger partial charge in [-0.15, -0.1) is 0 Å². The quantitative estimate of drug-likeness (QED) is 0.0557. The third kappa shape index (κ3) is 14.5. The van der Waals surface area contributed by atoms with Crippen LogP contribution in [-0.2, 0) is 62.4 Å². The summed E-state index contributed by atoms with van der Waals surface area (Å²) in [6, 6.07) is 8.36. The average Bonchev–Trinajstić information content (AvgIpc) is 3.28. The van der Waals surface area contributed by atoms with Gasteiger partial charge >= 0.3 is 49.4 Å². The van der Waals surface area contributed by atoms with Crippen LogP contribution in [0.25, 0.3) is 0 Å². The first-order chi connectivity index (χ1) is 34.2. The standard InChI is InChI=1S/C32H12BF24.C17H22N/c34-25(35,36)13-1-14(26(37,38)39)6-21(5-13)33(22-7-15(27(40,41)42)2-16(8-22)28(43,44)45,23-9-17(29(46,47)48)3-18(10-23)30(49,50)51)24-11-19(31(52,53)54)4-20(12-24)32(55,56)57;1-2-3-5-12-17-13-8-9-14-18(17)15-16-10-6-4-7-11-16/h1-12H;4,6-11,13-14H,2-3,5,12,15H2,1H3/q-1;+1. The summed E-state index contributed by atoms with van der Waals surface area (Å²) in [6.45, 7) is 3.23. The average molecular weight is 1100 g/mol. The van der Waals surface area contributed by atoms with Gasteiger partial charge in [0, 0.05) is 24.1 Å². The minimum absolute atomic E-state index is 0.691. The molecule has 0 fully saturated rings. The van der Waals surface area contributed by atoms with Crippen LogP contribution < -0.4 is 26.4 Å². The number of aromatic nitrogens is 1. The third-order valence-electron chi connectivity index (χ3n) is 11.7. The smallest absolute Gasteiger partial charge is 0.198 e. The fourth-order valence-electron chi connectivity index (χ4n) is 8.30. The molecule has 5 aromatic carbocycles. The first-order valence-electron chi connectivity index (χ1n) is 21.5. The number of hydrogen-bond donors (Lipinski definition) is 0. The summed E-state index contributed by atoms with van der Waals surface area (Å²) in [5, 5.41) is 0. The van der Waals surface area contributed by atoms with Crippen LogP contribution in [0.2, 0.25) is 0 Å². The van der Waals surface area contributed by atoms with Crippen molar-refractivity contribution in [2.45, 2.75) is 88.6 Å². The largest absolute Gasteiger partial charge is 0.416 e. The Morgan fingerprint density at radius 2 is 0.600 bits per heavy atom. The molecule has 6 rings (SSSR count). The molecule has 26 heteroatoms. The minimum Gasteiger partial charge on any atom is -0.198 e. The lowest BCUT2D eigenvalue weighted by atomic mass is 9.12. The summed E-state index contributed by atoms with van der Waals surface area (Å²) >= 11 is 0. The van der Waals surface area contributed by atoms with Crippen molar-refractivity contribution in [3.63, 3.8) is 0 Å². The molecule has 0 saturated heterocycles. The van der Waals surface area contributed by atoms with Gasteiger partial charge in [0.25, 0.3) is 0 Å². The number of aryl methyl sites for hydroxylation is 1. The van der Waals surface area contributed by atoms with E-state index in [0.717, 1.165) is 6.54 Å². The van der Waals surface area contributed by atoms with Gasteiger partial charge in [-0.1, -0.05) is 105 Å². The molecule has 406 valence electrons. The molecule has 0 aliphatic rings. The monoisotopic (exact) mass is 1100 g/mol. The molecule has 1 heterocycles. The van der Waals surface area contributed by atoms with Gasteiger partial charge in [0.2, 0.25) is 0 Å². The van der Waals surface area contributed by atoms with Crippen molar-refractivity contribution in [3.8, 4) is 0 Å². The zero-order valence-electron chi connectivity index (χ0n) is 37.8. The van der Waals surface area contributed by atoms with Crippen LogP contribution in [0, 0.1) is 0 Å². The molecule has 0 atom stereocenters. The summed E-state index contributed by atoms with van der Waals surface area (Å²) < 4.78 is 343. The number of alkyl halides is 24. The van der Waals surface area contributed by atoms with Crippen LogP contribution in [0.3, 0.4) is 0 Å². The van der Waals surface area contributed by atoms with E-state index in [1.807, 2.05) is 0 Å². The summed E-state index contributed by atoms with van der Waals surface area (Å²) in [6.07, 6.45) is -47.5. The second-order valence-corrected chi connectivity index (χ2v) is 17.0. The Hall–Kier alpha value is -6.37. The van der Waals surface area contributed by atoms with E-state index in [1.165, 1.54) is 36.9 Å². The van der Waals surface area contributed by atoms with E-state index in [9.17, 15) is 105 Å². The van der Waals surface area contributed by atoms with Gasteiger partial charge in [0.15, 0.2) is 18.4 Å². The number of benzene rings is 5. The summed E-state index contributed by atoms with van der Waals surface area (Å²) in [7, 11) is 0. The van der Waals surface area contributed by atoms with Crippen LogP contribution in [0.5, 0.6) is 0 Å². The van der Waals surface area contributed by atoms with Gasteiger partial charge in [-0.05, 0) is 30.7 Å². The van der Waals surface area contributed by atoms with Crippen LogP contribution in [-0.4, -0.2) is 6.15 Å². The van der Waals surface area contributed by atoms with Crippen LogP contribution in [0.4, 0.5) is 105 Å². The summed E-state index contributed by atoms with van der Waals surface area (Å²) in [5.74, 6) is 0. The summed E-state index contributed by atoms with van der Waals surface area (Å²) in [4.78, 5) is 0. The minimum atomic E-state index is -6.13. The third-order valence-corrected chi connectivity index (χ3v) is 11.7. The Kier molecular flexibility index (Phi) is 16.9. The van der Waals surface area contributed by atoms with Crippen molar-refractivity contribution < 1.29 is 110 Å². The highest BCUT2D eigenvalue weighted by Gasteiger charge is 2.47. The molecular formula is C49H34BF24N. The molecule has 0 spiro atoms. The first-order valence-corrected chi connectivity index (χ1v) is 21.5. The van der Waals surface area contributed by atoms with Gasteiger partial charge in [0.05, 0.1) is 44.5 Å². The van der Waals surface area contributed by atoms with Crippen LogP contribution in [0.15, 0.2) is 128 Å². The van der Waals surface area contributed by atoms with E-state index in [1.54, 1.807) is 0 Å². The van der Waals surface area contributed by atoms with E-state index >= 15 is 0 Å². The Balaban J connectivity index is 0.000000483. The first kappa shape index (κ1) is 59.5. The lowest BCUT2D eigenvalue weighted by Gasteiger charge is -2.46. The van der Waals surface area contributed by atoms with E-state index in [-0.39, 0.29) is 0 Å². The topological polar surface area (TPSA) is 3.88 Å². The maximum Gasteiger partial charge on any atom is 0.416 e. The predicted molar refractivity (Wildman–Crippen MR) is 225 cm³/mol. The number of hydrogen-bond acceptors (Lipinski definition) is 0. The molecule has 0 aliphatic carbocycles. The van der Waals surface area contributed by atoms with E-state index in [0.29, 0.717) is 0 Å². The normalized spacial score (nSPS) is 13.4. The molecule has 0 unspecified atom stereocenters. The number of unbranched alkanes of at least 4 members (excludes halogenated alkanes) is 2. The van der Waals surface area contributed by atoms with E-state index < -0.39 is 195 Å². The predicted octanol–water partition coefficient (Wildman–Crippen LogP) is 15.0. The lowest BCUT2D eigenvalue weighted by molar-refractivity contribution is -0.695. The second kappa shape index (κ2) is 21.3. The van der Waals surface area contributed by atoms with Crippen molar-refractivity contribution >= 4 is 28.0 Å². The maximum atomic E-state index is 14.2. The zero-order valence-corrected chi connectivity index (χ0v) is 37.8. The summed E-state index contributed by atoms with van der Waals surface area (Å²) in [5.41, 5.74) is -27.4. The molecule has 0 saturated carbocycles. The molecule has 0 radical (unpaired) electrons. The Morgan fingerprint density at radius 1 is 0.333 bits per heavy atom. The second-order valence-electron chi connectivity index (χ2n) is 17.0. The molecular weight excluding hydrogens is 1070 g/mol. The molecule has 0 bridgehead atoms. The Labute approximate surface area is 409 Å². The van der Waals surface area contributed by atoms with Gasteiger partial charge in [-0.2, -0.15) is 132 Å². The number of halogens is 24. The molecule has 1 nitrogen and oxygen atoms in total. The maximum absolute atomic E-state index is 14.2. The Morgan fingerprint density at radius 3 is 0.853 bits per heavy atom. The van der Waals surface area contributed by atoms with Crippen molar-refractivity contribution in [1.82, 2.24) is 0 Å². The van der Waals surface area contributed by atoms with Gasteiger partial charge < -0.3 is 0 Å². The van der Waals surface area contributed by atoms with E-state index in [4.69, 9.17) is 0 Å². The van der Waals surface area contributed by atoms with Crippen LogP contribution >= 0.6 is 0 Å². The SMILES string of the molecule is CCCCCc1cccc[n+]1Cc1ccccc1.FC(F)(F)c1cc([B-](c2cc(C(F)(F)F)cc(C(F)(F)F)c2)(c2cc(C(F)(F)F)cc(C(F)(F)F)c2)c2cc(C(F)(F)F)cc(C(F)(F)F)c2)cc(C(F)(F)F)c1. The number of pyridine rings is 1. The van der Waals surface area contributed by atoms with Crippen LogP contribution in [0.1, 0.15) is 82.0 Å². The Bertz CT molecular complexity index is 2480. The molecule has 1 aromatic heterocycles. The number of nitrogens with zero attached hydrogens (tertiary/aromatic N) is 1. The highest BCUT2D eigenvalue weighted by atomic mass is 19.4. The van der Waals surface area contributed by atoms with Crippen molar-refractivity contribution in [3.05, 3.63) is 183 Å². The molecule has 6 aromatic rings. The molecule has 0 aliphatic heterocycles. The lowest BCUT2D eigenvalue weighted by Crippen LogP contribution is -2.75. The number of rotatable bonds is 10. The highest BCUT2D eigenvalue weighted by Crippen LogP contribution is 2.41. The van der Waals surface area contributed by atoms with Crippen molar-refractivity contribution in [2.75, 3.05) is 0 Å². The molecule has 75 heavy (non-hydrogen) atoms. The van der Waals surface area contributed by atoms with Gasteiger partial charge in [-0.25, -0.2) is 0 Å². The molecule has 0 amide bonds.